The highest BCUT2D eigenvalue weighted by molar-refractivity contribution is 4.49. The Bertz CT molecular complexity index is 226. The van der Waals surface area contributed by atoms with E-state index in [0.29, 0.717) is 0 Å². The molecule has 0 saturated heterocycles. The molecule has 0 bridgehead atoms. The SMILES string of the molecule is NCCCCCCCCCCCCCCCCO[N+](=O)[O-]. The van der Waals surface area contributed by atoms with Crippen molar-refractivity contribution in [2.75, 3.05) is 13.2 Å². The Morgan fingerprint density at radius 2 is 1.00 bits per heavy atom. The molecule has 2 N–H and O–H groups in total. The predicted octanol–water partition coefficient (Wildman–Crippen LogP) is 4.61. The van der Waals surface area contributed by atoms with E-state index in [0.717, 1.165) is 19.4 Å². The highest BCUT2D eigenvalue weighted by Gasteiger charge is 1.96. The summed E-state index contributed by atoms with van der Waals surface area (Å²) in [4.78, 5) is 14.2. The quantitative estimate of drug-likeness (QED) is 0.242. The van der Waals surface area contributed by atoms with Crippen LogP contribution in [0.5, 0.6) is 0 Å². The topological polar surface area (TPSA) is 78.4 Å². The van der Waals surface area contributed by atoms with Gasteiger partial charge in [-0.05, 0) is 19.4 Å². The number of nitrogens with zero attached hydrogens (tertiary/aromatic N) is 1. The van der Waals surface area contributed by atoms with Crippen LogP contribution in [0.25, 0.3) is 0 Å². The number of unbranched alkanes of at least 4 members (excludes halogenated alkanes) is 13. The minimum atomic E-state index is -0.710. The van der Waals surface area contributed by atoms with E-state index in [2.05, 4.69) is 4.84 Å². The Labute approximate surface area is 129 Å². The minimum Gasteiger partial charge on any atom is -0.330 e. The highest BCUT2D eigenvalue weighted by atomic mass is 16.9. The van der Waals surface area contributed by atoms with Crippen molar-refractivity contribution in [3.05, 3.63) is 10.1 Å². The van der Waals surface area contributed by atoms with Gasteiger partial charge in [0.1, 0.15) is 0 Å². The standard InChI is InChI=1S/C16H34N2O3/c17-15-13-11-9-7-5-3-1-2-4-6-8-10-12-14-16-21-18(19)20/h1-17H2. The monoisotopic (exact) mass is 302 g/mol. The summed E-state index contributed by atoms with van der Waals surface area (Å²) < 4.78 is 0. The predicted molar refractivity (Wildman–Crippen MR) is 86.6 cm³/mol. The zero-order valence-corrected chi connectivity index (χ0v) is 13.6. The van der Waals surface area contributed by atoms with E-state index in [9.17, 15) is 10.1 Å². The molecule has 0 aromatic rings. The van der Waals surface area contributed by atoms with Crippen LogP contribution in [0.4, 0.5) is 0 Å². The van der Waals surface area contributed by atoms with Crippen LogP contribution in [0.3, 0.4) is 0 Å². The smallest absolute Gasteiger partial charge is 0.294 e. The van der Waals surface area contributed by atoms with Gasteiger partial charge in [0.15, 0.2) is 0 Å². The molecule has 0 aromatic heterocycles. The summed E-state index contributed by atoms with van der Waals surface area (Å²) in [7, 11) is 0. The van der Waals surface area contributed by atoms with Crippen LogP contribution in [0, 0.1) is 10.1 Å². The molecule has 0 rings (SSSR count). The van der Waals surface area contributed by atoms with Gasteiger partial charge in [-0.2, -0.15) is 0 Å². The van der Waals surface area contributed by atoms with E-state index in [4.69, 9.17) is 5.73 Å². The molecule has 0 spiro atoms. The van der Waals surface area contributed by atoms with Gasteiger partial charge in [0.2, 0.25) is 0 Å². The molecule has 126 valence electrons. The lowest BCUT2D eigenvalue weighted by molar-refractivity contribution is -0.757. The first kappa shape index (κ1) is 20.2. The van der Waals surface area contributed by atoms with Gasteiger partial charge >= 0.3 is 0 Å². The number of nitrogens with two attached hydrogens (primary N) is 1. The van der Waals surface area contributed by atoms with Crippen molar-refractivity contribution in [1.29, 1.82) is 0 Å². The van der Waals surface area contributed by atoms with E-state index >= 15 is 0 Å². The molecule has 5 nitrogen and oxygen atoms in total. The van der Waals surface area contributed by atoms with E-state index in [1.54, 1.807) is 0 Å². The van der Waals surface area contributed by atoms with Crippen molar-refractivity contribution in [2.24, 2.45) is 5.73 Å². The molecule has 0 amide bonds. The second kappa shape index (κ2) is 17.2. The third-order valence-corrected chi connectivity index (χ3v) is 3.80. The van der Waals surface area contributed by atoms with Gasteiger partial charge in [-0.25, -0.2) is 0 Å². The van der Waals surface area contributed by atoms with Crippen molar-refractivity contribution in [2.45, 2.75) is 89.9 Å². The van der Waals surface area contributed by atoms with Gasteiger partial charge < -0.3 is 10.6 Å². The normalized spacial score (nSPS) is 10.7. The molecule has 0 aliphatic heterocycles. The van der Waals surface area contributed by atoms with Crippen LogP contribution in [0.1, 0.15) is 89.9 Å². The van der Waals surface area contributed by atoms with Crippen LogP contribution in [0.15, 0.2) is 0 Å². The van der Waals surface area contributed by atoms with Crippen LogP contribution in [0.2, 0.25) is 0 Å². The molecule has 0 fully saturated rings. The molecule has 0 unspecified atom stereocenters. The molecular formula is C16H34N2O3. The largest absolute Gasteiger partial charge is 0.330 e. The molecule has 0 aromatic carbocycles. The lowest BCUT2D eigenvalue weighted by atomic mass is 10.0. The number of hydrogen-bond acceptors (Lipinski definition) is 4. The summed E-state index contributed by atoms with van der Waals surface area (Å²) in [6.45, 7) is 1.08. The molecule has 21 heavy (non-hydrogen) atoms. The summed E-state index contributed by atoms with van der Waals surface area (Å²) >= 11 is 0. The van der Waals surface area contributed by atoms with E-state index in [1.807, 2.05) is 0 Å². The molecule has 0 atom stereocenters. The maximum atomic E-state index is 9.93. The average molecular weight is 302 g/mol. The minimum absolute atomic E-state index is 0.248. The van der Waals surface area contributed by atoms with Gasteiger partial charge in [-0.3, -0.25) is 0 Å². The van der Waals surface area contributed by atoms with E-state index < -0.39 is 5.09 Å². The average Bonchev–Trinajstić information content (AvgIpc) is 2.46. The maximum absolute atomic E-state index is 9.93. The zero-order valence-electron chi connectivity index (χ0n) is 13.6. The second-order valence-corrected chi connectivity index (χ2v) is 5.80. The fraction of sp³-hybridized carbons (Fsp3) is 1.00. The molecule has 0 aliphatic carbocycles. The molecule has 0 heterocycles. The van der Waals surface area contributed by atoms with E-state index in [-0.39, 0.29) is 6.61 Å². The molecular weight excluding hydrogens is 268 g/mol. The molecule has 0 radical (unpaired) electrons. The van der Waals surface area contributed by atoms with Crippen molar-refractivity contribution in [3.63, 3.8) is 0 Å². The molecule has 0 aliphatic rings. The Kier molecular flexibility index (Phi) is 16.5. The lowest BCUT2D eigenvalue weighted by Crippen LogP contribution is -2.01. The van der Waals surface area contributed by atoms with Gasteiger partial charge in [-0.15, -0.1) is 10.1 Å². The Balaban J connectivity index is 2.95. The number of hydrogen-bond donors (Lipinski definition) is 1. The number of rotatable bonds is 17. The maximum Gasteiger partial charge on any atom is 0.294 e. The van der Waals surface area contributed by atoms with Gasteiger partial charge in [-0.1, -0.05) is 77.0 Å². The first-order chi connectivity index (χ1) is 10.3. The van der Waals surface area contributed by atoms with Crippen molar-refractivity contribution < 1.29 is 9.92 Å². The van der Waals surface area contributed by atoms with Crippen LogP contribution in [-0.2, 0) is 4.84 Å². The Morgan fingerprint density at radius 1 is 0.667 bits per heavy atom. The van der Waals surface area contributed by atoms with Gasteiger partial charge in [0.05, 0.1) is 6.61 Å². The Hall–Kier alpha value is -0.840. The summed E-state index contributed by atoms with van der Waals surface area (Å²) in [6, 6.07) is 0. The molecule has 0 saturated carbocycles. The van der Waals surface area contributed by atoms with E-state index in [1.165, 1.54) is 77.0 Å². The first-order valence-electron chi connectivity index (χ1n) is 8.74. The van der Waals surface area contributed by atoms with Crippen LogP contribution < -0.4 is 5.73 Å². The summed E-state index contributed by atoms with van der Waals surface area (Å²) in [5.74, 6) is 0. The highest BCUT2D eigenvalue weighted by Crippen LogP contribution is 2.12. The zero-order chi connectivity index (χ0) is 15.6. The third-order valence-electron chi connectivity index (χ3n) is 3.80. The molecule has 5 heteroatoms. The van der Waals surface area contributed by atoms with Gasteiger partial charge in [0.25, 0.3) is 5.09 Å². The van der Waals surface area contributed by atoms with Crippen molar-refractivity contribution in [1.82, 2.24) is 0 Å². The van der Waals surface area contributed by atoms with Crippen molar-refractivity contribution in [3.8, 4) is 0 Å². The van der Waals surface area contributed by atoms with Crippen LogP contribution in [-0.4, -0.2) is 18.2 Å². The third kappa shape index (κ3) is 19.2. The second-order valence-electron chi connectivity index (χ2n) is 5.80. The first-order valence-corrected chi connectivity index (χ1v) is 8.74. The summed E-state index contributed by atoms with van der Waals surface area (Å²) in [6.07, 6.45) is 17.5. The van der Waals surface area contributed by atoms with Gasteiger partial charge in [0, 0.05) is 0 Å². The lowest BCUT2D eigenvalue weighted by Gasteiger charge is -2.03. The Morgan fingerprint density at radius 3 is 1.33 bits per heavy atom. The van der Waals surface area contributed by atoms with Crippen molar-refractivity contribution >= 4 is 0 Å². The fourth-order valence-corrected chi connectivity index (χ4v) is 2.51. The summed E-state index contributed by atoms with van der Waals surface area (Å²) in [5, 5.41) is 9.22. The van der Waals surface area contributed by atoms with Crippen LogP contribution >= 0.6 is 0 Å². The fourth-order valence-electron chi connectivity index (χ4n) is 2.51. The summed E-state index contributed by atoms with van der Waals surface area (Å²) in [5.41, 5.74) is 5.46.